The van der Waals surface area contributed by atoms with Crippen molar-refractivity contribution >= 4 is 51.8 Å². The molecule has 1 saturated carbocycles. The molecule has 0 radical (unpaired) electrons. The van der Waals surface area contributed by atoms with E-state index in [1.807, 2.05) is 24.4 Å². The zero-order chi connectivity index (χ0) is 37.3. The molecule has 1 unspecified atom stereocenters. The van der Waals surface area contributed by atoms with Crippen molar-refractivity contribution in [2.75, 3.05) is 67.5 Å². The number of piperidine rings is 1. The summed E-state index contributed by atoms with van der Waals surface area (Å²) >= 11 is 0. The van der Waals surface area contributed by atoms with Crippen LogP contribution in [0.4, 0.5) is 23.1 Å². The Hall–Kier alpha value is -5.21. The van der Waals surface area contributed by atoms with E-state index in [0.29, 0.717) is 47.8 Å². The average Bonchev–Trinajstić information content (AvgIpc) is 3.70. The summed E-state index contributed by atoms with van der Waals surface area (Å²) in [6, 6.07) is 12.2. The molecule has 6 heterocycles. The highest BCUT2D eigenvalue weighted by atomic mass is 16.5. The fraction of sp³-hybridized carbons (Fsp3) is 0.475. The number of fused-ring (bicyclic) bond motifs is 1. The fourth-order valence-corrected chi connectivity index (χ4v) is 8.54. The maximum Gasteiger partial charge on any atom is 0.263 e. The molecule has 14 heteroatoms. The number of carbonyl (C=O) groups is 3. The number of ketones is 1. The van der Waals surface area contributed by atoms with Crippen molar-refractivity contribution < 1.29 is 19.1 Å². The van der Waals surface area contributed by atoms with Gasteiger partial charge < -0.3 is 19.9 Å². The van der Waals surface area contributed by atoms with Crippen LogP contribution in [0, 0.1) is 6.92 Å². The van der Waals surface area contributed by atoms with E-state index in [-0.39, 0.29) is 46.8 Å². The monoisotopic (exact) mass is 733 g/mol. The van der Waals surface area contributed by atoms with Crippen LogP contribution in [0.15, 0.2) is 53.6 Å². The number of carbonyl (C=O) groups excluding carboxylic acids is 3. The lowest BCUT2D eigenvalue weighted by atomic mass is 9.90. The van der Waals surface area contributed by atoms with Crippen LogP contribution in [0.3, 0.4) is 0 Å². The summed E-state index contributed by atoms with van der Waals surface area (Å²) in [5, 5.41) is 6.39. The summed E-state index contributed by atoms with van der Waals surface area (Å²) in [6.07, 6.45) is 8.45. The minimum absolute atomic E-state index is 0.0160. The Morgan fingerprint density at radius 3 is 2.37 bits per heavy atom. The second kappa shape index (κ2) is 15.3. The zero-order valence-electron chi connectivity index (χ0n) is 30.9. The van der Waals surface area contributed by atoms with Gasteiger partial charge in [-0.15, -0.1) is 0 Å². The molecule has 14 nitrogen and oxygen atoms in total. The van der Waals surface area contributed by atoms with E-state index in [1.54, 1.807) is 17.7 Å². The van der Waals surface area contributed by atoms with Crippen LogP contribution in [-0.4, -0.2) is 101 Å². The van der Waals surface area contributed by atoms with Crippen molar-refractivity contribution in [2.45, 2.75) is 70.4 Å². The Balaban J connectivity index is 0.860. The first-order valence-electron chi connectivity index (χ1n) is 19.1. The van der Waals surface area contributed by atoms with Crippen LogP contribution < -0.4 is 26.0 Å². The zero-order valence-corrected chi connectivity index (χ0v) is 30.9. The number of hydrogen-bond acceptors (Lipinski definition) is 12. The Kier molecular flexibility index (Phi) is 10.1. The van der Waals surface area contributed by atoms with Crippen LogP contribution >= 0.6 is 0 Å². The number of Topliss-reactive ketones (excluding diaryl/α,β-unsaturated/α-hetero) is 1. The number of rotatable bonds is 9. The molecule has 0 spiro atoms. The highest BCUT2D eigenvalue weighted by molar-refractivity contribution is 6.01. The number of morpholine rings is 1. The van der Waals surface area contributed by atoms with Gasteiger partial charge in [0.2, 0.25) is 17.8 Å². The number of anilines is 4. The second-order valence-electron chi connectivity index (χ2n) is 14.9. The van der Waals surface area contributed by atoms with Gasteiger partial charge in [-0.2, -0.15) is 4.98 Å². The molecule has 3 aromatic heterocycles. The third kappa shape index (κ3) is 7.32. The molecule has 1 aromatic carbocycles. The van der Waals surface area contributed by atoms with Gasteiger partial charge in [0, 0.05) is 75.5 Å². The first-order valence-corrected chi connectivity index (χ1v) is 19.1. The van der Waals surface area contributed by atoms with Crippen LogP contribution in [0.1, 0.15) is 78.9 Å². The summed E-state index contributed by atoms with van der Waals surface area (Å²) in [5.74, 6) is 0.0371. The summed E-state index contributed by atoms with van der Waals surface area (Å²) in [4.78, 5) is 71.0. The number of imide groups is 1. The number of aryl methyl sites for hydroxylation is 1. The SMILES string of the molecule is CC(=O)c1c(C)c2cnc(Nc3ccc(N4CCN(C[C@@H]5CN(c6ccc(C7CCC(=O)NC7=O)cc6)CCO5)CC4)cn3)nc2n(C2CCCC2)c1=O. The number of hydrogen-bond donors (Lipinski definition) is 2. The molecule has 0 bridgehead atoms. The van der Waals surface area contributed by atoms with Crippen molar-refractivity contribution in [1.29, 1.82) is 0 Å². The summed E-state index contributed by atoms with van der Waals surface area (Å²) < 4.78 is 7.91. The summed E-state index contributed by atoms with van der Waals surface area (Å²) in [5.41, 5.74) is 4.23. The maximum atomic E-state index is 13.6. The number of aromatic nitrogens is 4. The number of piperazine rings is 1. The van der Waals surface area contributed by atoms with Gasteiger partial charge in [-0.3, -0.25) is 34.0 Å². The van der Waals surface area contributed by atoms with E-state index < -0.39 is 0 Å². The van der Waals surface area contributed by atoms with Crippen molar-refractivity contribution in [2.24, 2.45) is 0 Å². The lowest BCUT2D eigenvalue weighted by Crippen LogP contribution is -2.52. The molecule has 3 saturated heterocycles. The van der Waals surface area contributed by atoms with Crippen LogP contribution in [0.5, 0.6) is 0 Å². The Morgan fingerprint density at radius 2 is 1.67 bits per heavy atom. The lowest BCUT2D eigenvalue weighted by molar-refractivity contribution is -0.134. The Bertz CT molecular complexity index is 2110. The normalized spacial score (nSPS) is 21.4. The van der Waals surface area contributed by atoms with Gasteiger partial charge in [-0.05, 0) is 68.5 Å². The fourth-order valence-electron chi connectivity index (χ4n) is 8.54. The Labute approximate surface area is 313 Å². The number of benzene rings is 1. The summed E-state index contributed by atoms with van der Waals surface area (Å²) in [7, 11) is 0. The third-order valence-electron chi connectivity index (χ3n) is 11.5. The number of amides is 2. The number of nitrogens with zero attached hydrogens (tertiary/aromatic N) is 7. The average molecular weight is 734 g/mol. The van der Waals surface area contributed by atoms with Crippen LogP contribution in [-0.2, 0) is 14.3 Å². The van der Waals surface area contributed by atoms with Crippen molar-refractivity contribution in [3.05, 3.63) is 75.8 Å². The van der Waals surface area contributed by atoms with Crippen molar-refractivity contribution in [3.8, 4) is 0 Å². The second-order valence-corrected chi connectivity index (χ2v) is 14.9. The van der Waals surface area contributed by atoms with Crippen molar-refractivity contribution in [1.82, 2.24) is 29.7 Å². The van der Waals surface area contributed by atoms with Gasteiger partial charge in [-0.25, -0.2) is 9.97 Å². The molecule has 2 atom stereocenters. The molecule has 4 aromatic rings. The summed E-state index contributed by atoms with van der Waals surface area (Å²) in [6.45, 7) is 9.96. The predicted molar refractivity (Wildman–Crippen MR) is 206 cm³/mol. The van der Waals surface area contributed by atoms with E-state index >= 15 is 0 Å². The van der Waals surface area contributed by atoms with Crippen molar-refractivity contribution in [3.63, 3.8) is 0 Å². The molecular formula is C40H47N9O5. The molecule has 282 valence electrons. The highest BCUT2D eigenvalue weighted by Crippen LogP contribution is 2.32. The molecule has 4 aliphatic rings. The molecule has 3 aliphatic heterocycles. The topological polar surface area (TPSA) is 155 Å². The van der Waals surface area contributed by atoms with Gasteiger partial charge in [0.05, 0.1) is 36.1 Å². The van der Waals surface area contributed by atoms with Gasteiger partial charge >= 0.3 is 0 Å². The molecule has 2 N–H and O–H groups in total. The van der Waals surface area contributed by atoms with E-state index in [4.69, 9.17) is 9.72 Å². The highest BCUT2D eigenvalue weighted by Gasteiger charge is 2.30. The van der Waals surface area contributed by atoms with Gasteiger partial charge in [0.1, 0.15) is 11.5 Å². The third-order valence-corrected chi connectivity index (χ3v) is 11.5. The van der Waals surface area contributed by atoms with E-state index in [0.717, 1.165) is 88.4 Å². The largest absolute Gasteiger partial charge is 0.373 e. The van der Waals surface area contributed by atoms with E-state index in [9.17, 15) is 19.2 Å². The predicted octanol–water partition coefficient (Wildman–Crippen LogP) is 4.10. The number of nitrogens with one attached hydrogen (secondary N) is 2. The van der Waals surface area contributed by atoms with Crippen LogP contribution in [0.2, 0.25) is 0 Å². The van der Waals surface area contributed by atoms with E-state index in [2.05, 4.69) is 53.5 Å². The molecule has 8 rings (SSSR count). The first-order chi connectivity index (χ1) is 26.2. The molecule has 54 heavy (non-hydrogen) atoms. The molecular weight excluding hydrogens is 686 g/mol. The number of pyridine rings is 2. The standard InChI is InChI=1S/C40H47N9O5/c1-25-33-22-42-40(45-37(33)49(29-5-3-4-6-29)39(53)36(25)26(2)50)43-34-13-11-30(21-41-34)47-17-15-46(16-18-47)23-31-24-48(19-20-54-31)28-9-7-27(8-10-28)32-12-14-35(51)44-38(32)52/h7-11,13,21-22,29,31-32H,3-6,12,14-20,23-24H2,1-2H3,(H,44,51,52)(H,41,42,43,45)/t31-,32?/m1/s1. The molecule has 4 fully saturated rings. The van der Waals surface area contributed by atoms with Gasteiger partial charge in [-0.1, -0.05) is 25.0 Å². The quantitative estimate of drug-likeness (QED) is 0.188. The van der Waals surface area contributed by atoms with Gasteiger partial charge in [0.25, 0.3) is 5.56 Å². The smallest absolute Gasteiger partial charge is 0.263 e. The van der Waals surface area contributed by atoms with E-state index in [1.165, 1.54) is 6.92 Å². The first kappa shape index (κ1) is 35.8. The molecule has 1 aliphatic carbocycles. The Morgan fingerprint density at radius 1 is 0.907 bits per heavy atom. The minimum atomic E-state index is -0.276. The molecule has 2 amide bonds. The minimum Gasteiger partial charge on any atom is -0.373 e. The van der Waals surface area contributed by atoms with Gasteiger partial charge in [0.15, 0.2) is 5.78 Å². The lowest BCUT2D eigenvalue weighted by Gasteiger charge is -2.40. The maximum absolute atomic E-state index is 13.6. The van der Waals surface area contributed by atoms with Crippen LogP contribution in [0.25, 0.3) is 11.0 Å². The number of ether oxygens (including phenoxy) is 1.